The second-order valence-electron chi connectivity index (χ2n) is 3.49. The first kappa shape index (κ1) is 11.1. The normalized spacial score (nSPS) is 12.4. The molecular weight excluding hydrogens is 222 g/mol. The third-order valence-corrected chi connectivity index (χ3v) is 3.45. The van der Waals surface area contributed by atoms with Gasteiger partial charge in [-0.3, -0.25) is 4.98 Å². The lowest BCUT2D eigenvalue weighted by molar-refractivity contribution is 0.218. The molecule has 84 valence electrons. The van der Waals surface area contributed by atoms with E-state index in [1.165, 1.54) is 11.3 Å². The topological polar surface area (TPSA) is 42.4 Å². The Labute approximate surface area is 98.4 Å². The molecule has 0 aliphatic rings. The van der Waals surface area contributed by atoms with Crippen LogP contribution in [0.2, 0.25) is 0 Å². The summed E-state index contributed by atoms with van der Waals surface area (Å²) in [5, 5.41) is 12.2. The summed E-state index contributed by atoms with van der Waals surface area (Å²) in [5.74, 6) is 0.723. The maximum Gasteiger partial charge on any atom is 0.135 e. The minimum atomic E-state index is -0.663. The number of thiophene rings is 1. The summed E-state index contributed by atoms with van der Waals surface area (Å²) in [6, 6.07) is 3.74. The van der Waals surface area contributed by atoms with Crippen molar-refractivity contribution < 1.29 is 9.84 Å². The fraction of sp³-hybridized carbons (Fsp3) is 0.250. The average Bonchev–Trinajstić information content (AvgIpc) is 2.77. The minimum Gasteiger partial charge on any atom is -0.495 e. The highest BCUT2D eigenvalue weighted by Crippen LogP contribution is 2.35. The first-order valence-corrected chi connectivity index (χ1v) is 5.82. The minimum absolute atomic E-state index is 0.663. The van der Waals surface area contributed by atoms with Crippen LogP contribution in [0.1, 0.15) is 22.1 Å². The molecule has 0 fully saturated rings. The molecule has 0 amide bonds. The van der Waals surface area contributed by atoms with Gasteiger partial charge in [-0.05, 0) is 30.0 Å². The molecule has 2 heterocycles. The molecular formula is C12H13NO2S. The van der Waals surface area contributed by atoms with Crippen LogP contribution in [0.5, 0.6) is 5.75 Å². The number of aliphatic hydroxyl groups excluding tert-OH is 1. The largest absolute Gasteiger partial charge is 0.495 e. The Morgan fingerprint density at radius 2 is 2.25 bits per heavy atom. The highest BCUT2D eigenvalue weighted by Gasteiger charge is 2.18. The number of rotatable bonds is 3. The Bertz CT molecular complexity index is 481. The summed E-state index contributed by atoms with van der Waals surface area (Å²) >= 11 is 1.48. The van der Waals surface area contributed by atoms with Gasteiger partial charge in [-0.2, -0.15) is 0 Å². The lowest BCUT2D eigenvalue weighted by Gasteiger charge is -2.12. The van der Waals surface area contributed by atoms with Crippen molar-refractivity contribution in [1.29, 1.82) is 0 Å². The highest BCUT2D eigenvalue weighted by atomic mass is 32.1. The van der Waals surface area contributed by atoms with Gasteiger partial charge in [0.1, 0.15) is 11.9 Å². The molecule has 1 N–H and O–H groups in total. The van der Waals surface area contributed by atoms with Gasteiger partial charge in [0.05, 0.1) is 12.0 Å². The number of hydrogen-bond donors (Lipinski definition) is 1. The van der Waals surface area contributed by atoms with Crippen molar-refractivity contribution in [3.8, 4) is 5.75 Å². The van der Waals surface area contributed by atoms with Crippen molar-refractivity contribution in [1.82, 2.24) is 4.98 Å². The fourth-order valence-corrected chi connectivity index (χ4v) is 2.44. The molecule has 4 heteroatoms. The molecule has 0 saturated heterocycles. The molecule has 0 saturated carbocycles. The number of pyridine rings is 1. The number of nitrogens with zero attached hydrogens (tertiary/aromatic N) is 1. The van der Waals surface area contributed by atoms with E-state index in [0.717, 1.165) is 21.8 Å². The quantitative estimate of drug-likeness (QED) is 0.889. The van der Waals surface area contributed by atoms with Gasteiger partial charge >= 0.3 is 0 Å². The number of methoxy groups -OCH3 is 1. The van der Waals surface area contributed by atoms with Crippen molar-refractivity contribution in [3.05, 3.63) is 45.9 Å². The van der Waals surface area contributed by atoms with E-state index >= 15 is 0 Å². The fourth-order valence-electron chi connectivity index (χ4n) is 1.58. The molecule has 1 atom stereocenters. The smallest absolute Gasteiger partial charge is 0.135 e. The third-order valence-electron chi connectivity index (χ3n) is 2.50. The van der Waals surface area contributed by atoms with Crippen LogP contribution < -0.4 is 4.74 Å². The van der Waals surface area contributed by atoms with E-state index in [-0.39, 0.29) is 0 Å². The Balaban J connectivity index is 2.39. The van der Waals surface area contributed by atoms with Crippen LogP contribution in [-0.4, -0.2) is 17.2 Å². The summed E-state index contributed by atoms with van der Waals surface area (Å²) in [5.41, 5.74) is 1.85. The Morgan fingerprint density at radius 1 is 1.44 bits per heavy atom. The molecule has 16 heavy (non-hydrogen) atoms. The zero-order chi connectivity index (χ0) is 11.5. The second-order valence-corrected chi connectivity index (χ2v) is 4.44. The van der Waals surface area contributed by atoms with Crippen LogP contribution in [0, 0.1) is 6.92 Å². The molecule has 0 aliphatic heterocycles. The molecule has 2 aromatic rings. The van der Waals surface area contributed by atoms with Crippen LogP contribution in [0.15, 0.2) is 29.9 Å². The Morgan fingerprint density at radius 3 is 2.94 bits per heavy atom. The van der Waals surface area contributed by atoms with Crippen molar-refractivity contribution in [2.75, 3.05) is 7.11 Å². The van der Waals surface area contributed by atoms with Gasteiger partial charge in [0, 0.05) is 18.0 Å². The lowest BCUT2D eigenvalue weighted by atomic mass is 10.1. The van der Waals surface area contributed by atoms with Crippen molar-refractivity contribution in [2.45, 2.75) is 13.0 Å². The van der Waals surface area contributed by atoms with Crippen molar-refractivity contribution >= 4 is 11.3 Å². The standard InChI is InChI=1S/C12H13NO2S/c1-8-3-5-13-7-9(8)11(14)12-10(15-2)4-6-16-12/h3-7,11,14H,1-2H3. The van der Waals surface area contributed by atoms with Gasteiger partial charge < -0.3 is 9.84 Å². The summed E-state index contributed by atoms with van der Waals surface area (Å²) in [6.07, 6.45) is 2.75. The predicted octanol–water partition coefficient (Wildman–Crippen LogP) is 2.54. The lowest BCUT2D eigenvalue weighted by Crippen LogP contribution is -2.02. The highest BCUT2D eigenvalue weighted by molar-refractivity contribution is 7.10. The first-order chi connectivity index (χ1) is 7.74. The second kappa shape index (κ2) is 4.63. The molecule has 2 aromatic heterocycles. The van der Waals surface area contributed by atoms with Crippen LogP contribution >= 0.6 is 11.3 Å². The molecule has 0 radical (unpaired) electrons. The Hall–Kier alpha value is -1.39. The van der Waals surface area contributed by atoms with Crippen molar-refractivity contribution in [3.63, 3.8) is 0 Å². The van der Waals surface area contributed by atoms with E-state index < -0.39 is 6.10 Å². The summed E-state index contributed by atoms with van der Waals surface area (Å²) in [4.78, 5) is 4.85. The van der Waals surface area contributed by atoms with Gasteiger partial charge in [0.15, 0.2) is 0 Å². The molecule has 1 unspecified atom stereocenters. The summed E-state index contributed by atoms with van der Waals surface area (Å²) in [6.45, 7) is 1.96. The summed E-state index contributed by atoms with van der Waals surface area (Å²) in [7, 11) is 1.61. The first-order valence-electron chi connectivity index (χ1n) is 4.94. The van der Waals surface area contributed by atoms with Crippen LogP contribution in [0.3, 0.4) is 0 Å². The average molecular weight is 235 g/mol. The van der Waals surface area contributed by atoms with E-state index in [2.05, 4.69) is 4.98 Å². The SMILES string of the molecule is COc1ccsc1C(O)c1cnccc1C. The van der Waals surface area contributed by atoms with E-state index in [1.807, 2.05) is 24.4 Å². The number of hydrogen-bond acceptors (Lipinski definition) is 4. The zero-order valence-corrected chi connectivity index (χ0v) is 9.99. The molecule has 2 rings (SSSR count). The van der Waals surface area contributed by atoms with Crippen LogP contribution in [0.25, 0.3) is 0 Å². The van der Waals surface area contributed by atoms with E-state index in [0.29, 0.717) is 0 Å². The van der Waals surface area contributed by atoms with Gasteiger partial charge in [0.2, 0.25) is 0 Å². The number of aromatic nitrogens is 1. The van der Waals surface area contributed by atoms with Gasteiger partial charge in [-0.1, -0.05) is 0 Å². The maximum absolute atomic E-state index is 10.3. The molecule has 3 nitrogen and oxygen atoms in total. The van der Waals surface area contributed by atoms with E-state index in [1.54, 1.807) is 19.5 Å². The third kappa shape index (κ3) is 1.94. The summed E-state index contributed by atoms with van der Waals surface area (Å²) < 4.78 is 5.20. The molecule has 0 bridgehead atoms. The number of ether oxygens (including phenoxy) is 1. The van der Waals surface area contributed by atoms with Gasteiger partial charge in [-0.25, -0.2) is 0 Å². The number of aliphatic hydroxyl groups is 1. The molecule has 0 aliphatic carbocycles. The Kier molecular flexibility index (Phi) is 3.22. The van der Waals surface area contributed by atoms with Crippen molar-refractivity contribution in [2.24, 2.45) is 0 Å². The predicted molar refractivity (Wildman–Crippen MR) is 63.9 cm³/mol. The van der Waals surface area contributed by atoms with E-state index in [4.69, 9.17) is 4.74 Å². The molecule has 0 aromatic carbocycles. The maximum atomic E-state index is 10.3. The zero-order valence-electron chi connectivity index (χ0n) is 9.18. The molecule has 0 spiro atoms. The van der Waals surface area contributed by atoms with Gasteiger partial charge in [-0.15, -0.1) is 11.3 Å². The van der Waals surface area contributed by atoms with Crippen LogP contribution in [-0.2, 0) is 0 Å². The number of aryl methyl sites for hydroxylation is 1. The van der Waals surface area contributed by atoms with E-state index in [9.17, 15) is 5.11 Å². The van der Waals surface area contributed by atoms with Crippen LogP contribution in [0.4, 0.5) is 0 Å². The monoisotopic (exact) mass is 235 g/mol. The van der Waals surface area contributed by atoms with Gasteiger partial charge in [0.25, 0.3) is 0 Å².